The molecule has 10 heteroatoms. The van der Waals surface area contributed by atoms with E-state index in [0.29, 0.717) is 29.1 Å². The van der Waals surface area contributed by atoms with Gasteiger partial charge in [0.05, 0.1) is 30.3 Å². The number of carbonyl (C=O) groups is 5. The van der Waals surface area contributed by atoms with Crippen molar-refractivity contribution in [3.8, 4) is 0 Å². The quantitative estimate of drug-likeness (QED) is 0.334. The minimum Gasteiger partial charge on any atom is -0.462 e. The fourth-order valence-corrected chi connectivity index (χ4v) is 2.79. The topological polar surface area (TPSA) is 137 Å². The molecule has 0 saturated carbocycles. The van der Waals surface area contributed by atoms with Crippen molar-refractivity contribution in [1.29, 1.82) is 0 Å². The van der Waals surface area contributed by atoms with E-state index < -0.39 is 36.3 Å². The van der Waals surface area contributed by atoms with E-state index in [4.69, 9.17) is 14.2 Å². The average molecular weight is 499 g/mol. The van der Waals surface area contributed by atoms with Crippen molar-refractivity contribution in [2.45, 2.75) is 46.1 Å². The van der Waals surface area contributed by atoms with Gasteiger partial charge in [0.2, 0.25) is 5.91 Å². The van der Waals surface area contributed by atoms with Crippen LogP contribution in [0.4, 0.5) is 11.4 Å². The Morgan fingerprint density at radius 3 is 1.78 bits per heavy atom. The summed E-state index contributed by atoms with van der Waals surface area (Å²) in [5, 5.41) is 5.16. The highest BCUT2D eigenvalue weighted by Gasteiger charge is 2.13. The number of benzene rings is 2. The number of ether oxygens (including phenoxy) is 3. The van der Waals surface area contributed by atoms with Crippen LogP contribution in [0.3, 0.4) is 0 Å². The number of amides is 2. The van der Waals surface area contributed by atoms with Gasteiger partial charge in [-0.15, -0.1) is 0 Å². The van der Waals surface area contributed by atoms with Crippen LogP contribution in [0.5, 0.6) is 0 Å². The molecule has 2 rings (SSSR count). The van der Waals surface area contributed by atoms with E-state index in [1.165, 1.54) is 36.4 Å². The smallest absolute Gasteiger partial charge is 0.338 e. The third-order valence-electron chi connectivity index (χ3n) is 4.51. The van der Waals surface area contributed by atoms with Gasteiger partial charge in [0, 0.05) is 17.8 Å². The fourth-order valence-electron chi connectivity index (χ4n) is 2.79. The molecule has 0 heterocycles. The zero-order valence-corrected chi connectivity index (χ0v) is 20.5. The van der Waals surface area contributed by atoms with E-state index in [9.17, 15) is 24.0 Å². The molecule has 0 radical (unpaired) electrons. The lowest BCUT2D eigenvalue weighted by atomic mass is 10.2. The first-order valence-corrected chi connectivity index (χ1v) is 11.5. The zero-order valence-electron chi connectivity index (χ0n) is 20.5. The molecule has 0 aromatic heterocycles. The zero-order chi connectivity index (χ0) is 26.5. The third-order valence-corrected chi connectivity index (χ3v) is 4.51. The normalized spacial score (nSPS) is 10.3. The Kier molecular flexibility index (Phi) is 11.1. The van der Waals surface area contributed by atoms with Crippen LogP contribution < -0.4 is 10.6 Å². The SMILES string of the molecule is CCCOC(=O)c1ccc(NC(=O)COC(=O)CCC(=O)Nc2ccc(C(=O)OC(C)C)cc2)cc1. The molecule has 0 aliphatic heterocycles. The lowest BCUT2D eigenvalue weighted by molar-refractivity contribution is -0.147. The fraction of sp³-hybridized carbons (Fsp3) is 0.346. The second kappa shape index (κ2) is 14.2. The van der Waals surface area contributed by atoms with Gasteiger partial charge in [-0.2, -0.15) is 0 Å². The van der Waals surface area contributed by atoms with Gasteiger partial charge >= 0.3 is 17.9 Å². The van der Waals surface area contributed by atoms with Crippen molar-refractivity contribution in [3.63, 3.8) is 0 Å². The molecule has 0 saturated heterocycles. The van der Waals surface area contributed by atoms with Crippen molar-refractivity contribution in [2.75, 3.05) is 23.8 Å². The first-order valence-electron chi connectivity index (χ1n) is 11.5. The van der Waals surface area contributed by atoms with E-state index in [1.807, 2.05) is 6.92 Å². The Hall–Kier alpha value is -4.21. The van der Waals surface area contributed by atoms with Gasteiger partial charge in [0.1, 0.15) is 0 Å². The summed E-state index contributed by atoms with van der Waals surface area (Å²) in [7, 11) is 0. The summed E-state index contributed by atoms with van der Waals surface area (Å²) < 4.78 is 15.0. The number of hydrogen-bond donors (Lipinski definition) is 2. The van der Waals surface area contributed by atoms with Crippen LogP contribution in [0.15, 0.2) is 48.5 Å². The number of esters is 3. The van der Waals surface area contributed by atoms with E-state index in [2.05, 4.69) is 10.6 Å². The van der Waals surface area contributed by atoms with Crippen LogP contribution >= 0.6 is 0 Å². The molecular formula is C26H30N2O8. The number of anilines is 2. The molecule has 2 aromatic rings. The second-order valence-electron chi connectivity index (χ2n) is 8.00. The molecule has 0 bridgehead atoms. The van der Waals surface area contributed by atoms with Crippen molar-refractivity contribution < 1.29 is 38.2 Å². The van der Waals surface area contributed by atoms with Crippen LogP contribution in [0.25, 0.3) is 0 Å². The first kappa shape index (κ1) is 28.0. The van der Waals surface area contributed by atoms with Crippen molar-refractivity contribution in [3.05, 3.63) is 59.7 Å². The van der Waals surface area contributed by atoms with Gasteiger partial charge in [-0.25, -0.2) is 9.59 Å². The largest absolute Gasteiger partial charge is 0.462 e. The van der Waals surface area contributed by atoms with Crippen LogP contribution in [0.2, 0.25) is 0 Å². The van der Waals surface area contributed by atoms with E-state index in [-0.39, 0.29) is 18.9 Å². The highest BCUT2D eigenvalue weighted by Crippen LogP contribution is 2.13. The molecule has 0 aliphatic rings. The molecule has 36 heavy (non-hydrogen) atoms. The van der Waals surface area contributed by atoms with Gasteiger partial charge in [-0.05, 0) is 68.8 Å². The van der Waals surface area contributed by atoms with Crippen molar-refractivity contribution >= 4 is 41.1 Å². The Bertz CT molecular complexity index is 1060. The molecule has 192 valence electrons. The number of hydrogen-bond acceptors (Lipinski definition) is 8. The average Bonchev–Trinajstić information content (AvgIpc) is 2.85. The Morgan fingerprint density at radius 1 is 0.722 bits per heavy atom. The summed E-state index contributed by atoms with van der Waals surface area (Å²) in [4.78, 5) is 59.6. The monoisotopic (exact) mass is 498 g/mol. The molecule has 0 spiro atoms. The Balaban J connectivity index is 1.69. The molecular weight excluding hydrogens is 468 g/mol. The predicted molar refractivity (Wildman–Crippen MR) is 131 cm³/mol. The summed E-state index contributed by atoms with van der Waals surface area (Å²) in [6, 6.07) is 12.3. The molecule has 2 aromatic carbocycles. The lowest BCUT2D eigenvalue weighted by Crippen LogP contribution is -2.21. The number of carbonyl (C=O) groups excluding carboxylic acids is 5. The standard InChI is InChI=1S/C26H30N2O8/c1-4-15-34-25(32)18-5-9-21(10-6-18)28-23(30)16-35-24(31)14-13-22(29)27-20-11-7-19(8-12-20)26(33)36-17(2)3/h5-12,17H,4,13-16H2,1-3H3,(H,27,29)(H,28,30). The number of nitrogens with one attached hydrogen (secondary N) is 2. The van der Waals surface area contributed by atoms with Gasteiger partial charge in [-0.1, -0.05) is 6.92 Å². The number of rotatable bonds is 12. The minimum atomic E-state index is -0.707. The summed E-state index contributed by atoms with van der Waals surface area (Å²) in [5.74, 6) is -2.60. The van der Waals surface area contributed by atoms with Gasteiger partial charge in [-0.3, -0.25) is 14.4 Å². The third kappa shape index (κ3) is 9.96. The van der Waals surface area contributed by atoms with E-state index >= 15 is 0 Å². The second-order valence-corrected chi connectivity index (χ2v) is 8.00. The Morgan fingerprint density at radius 2 is 1.25 bits per heavy atom. The van der Waals surface area contributed by atoms with Gasteiger partial charge in [0.15, 0.2) is 6.61 Å². The molecule has 0 unspecified atom stereocenters. The highest BCUT2D eigenvalue weighted by molar-refractivity contribution is 5.96. The summed E-state index contributed by atoms with van der Waals surface area (Å²) in [6.45, 7) is 5.20. The maximum Gasteiger partial charge on any atom is 0.338 e. The lowest BCUT2D eigenvalue weighted by Gasteiger charge is -2.09. The minimum absolute atomic E-state index is 0.146. The molecule has 0 fully saturated rings. The van der Waals surface area contributed by atoms with Crippen molar-refractivity contribution in [1.82, 2.24) is 0 Å². The molecule has 0 atom stereocenters. The van der Waals surface area contributed by atoms with Crippen LogP contribution in [0.1, 0.15) is 60.7 Å². The van der Waals surface area contributed by atoms with Gasteiger partial charge in [0.25, 0.3) is 5.91 Å². The Labute approximate surface area is 209 Å². The predicted octanol–water partition coefficient (Wildman–Crippen LogP) is 3.72. The first-order chi connectivity index (χ1) is 17.2. The molecule has 10 nitrogen and oxygen atoms in total. The summed E-state index contributed by atoms with van der Waals surface area (Å²) in [6.07, 6.45) is 0.117. The van der Waals surface area contributed by atoms with Crippen LogP contribution in [0, 0.1) is 0 Å². The molecule has 0 aliphatic carbocycles. The maximum atomic E-state index is 12.1. The molecule has 2 amide bonds. The summed E-state index contributed by atoms with van der Waals surface area (Å²) in [5.41, 5.74) is 1.59. The molecule has 2 N–H and O–H groups in total. The van der Waals surface area contributed by atoms with Crippen LogP contribution in [-0.2, 0) is 28.6 Å². The van der Waals surface area contributed by atoms with E-state index in [0.717, 1.165) is 6.42 Å². The van der Waals surface area contributed by atoms with Crippen LogP contribution in [-0.4, -0.2) is 49.0 Å². The van der Waals surface area contributed by atoms with Crippen molar-refractivity contribution in [2.24, 2.45) is 0 Å². The summed E-state index contributed by atoms with van der Waals surface area (Å²) >= 11 is 0. The van der Waals surface area contributed by atoms with E-state index in [1.54, 1.807) is 26.0 Å². The van der Waals surface area contributed by atoms with Gasteiger partial charge < -0.3 is 24.8 Å². The highest BCUT2D eigenvalue weighted by atomic mass is 16.5. The maximum absolute atomic E-state index is 12.1.